The van der Waals surface area contributed by atoms with Crippen LogP contribution < -0.4 is 5.56 Å². The first-order chi connectivity index (χ1) is 16.3. The summed E-state index contributed by atoms with van der Waals surface area (Å²) in [6.45, 7) is 2.13. The average Bonchev–Trinajstić information content (AvgIpc) is 2.83. The summed E-state index contributed by atoms with van der Waals surface area (Å²) in [6.07, 6.45) is 0.0310. The number of aliphatic imine (C=N–C) groups is 1. The van der Waals surface area contributed by atoms with E-state index in [4.69, 9.17) is 0 Å². The smallest absolute Gasteiger partial charge is 0.416 e. The van der Waals surface area contributed by atoms with Crippen molar-refractivity contribution in [3.05, 3.63) is 99.8 Å². The summed E-state index contributed by atoms with van der Waals surface area (Å²) in [6, 6.07) is 18.6. The number of fused-ring (bicyclic) bond motifs is 1. The Balaban J connectivity index is 1.83. The van der Waals surface area contributed by atoms with Crippen LogP contribution >= 0.6 is 0 Å². The Morgan fingerprint density at radius 1 is 0.971 bits per heavy atom. The fraction of sp³-hybridized carbons (Fsp3) is 0.185. The number of aromatic hydroxyl groups is 1. The van der Waals surface area contributed by atoms with Crippen molar-refractivity contribution in [1.82, 2.24) is 4.57 Å². The summed E-state index contributed by atoms with van der Waals surface area (Å²) in [5.41, 5.74) is 0.473. The Bertz CT molecular complexity index is 1400. The second-order valence-electron chi connectivity index (χ2n) is 8.00. The Kier molecular flexibility index (Phi) is 6.54. The van der Waals surface area contributed by atoms with Crippen molar-refractivity contribution in [3.63, 3.8) is 0 Å². The van der Waals surface area contributed by atoms with Gasteiger partial charge < -0.3 is 5.11 Å². The molecule has 0 radical (unpaired) electrons. The quantitative estimate of drug-likeness (QED) is 0.319. The summed E-state index contributed by atoms with van der Waals surface area (Å²) in [7, 11) is 0. The van der Waals surface area contributed by atoms with Gasteiger partial charge >= 0.3 is 6.18 Å². The number of hydrogen-bond donors (Lipinski definition) is 1. The minimum atomic E-state index is -4.58. The second-order valence-corrected chi connectivity index (χ2v) is 8.00. The third kappa shape index (κ3) is 4.73. The maximum absolute atomic E-state index is 13.3. The van der Waals surface area contributed by atoms with Crippen LogP contribution in [0, 0.1) is 0 Å². The van der Waals surface area contributed by atoms with Crippen molar-refractivity contribution in [2.45, 2.75) is 32.4 Å². The standard InChI is InChI=1S/C27H23F3N2O2/c1-2-3-7-18-12-14-20(15-13-18)31-17-24-22-10-4-5-11-23(22)25(33)32(26(24)34)21-9-6-8-19(16-21)27(28,29)30/h4-6,8-17,34H,2-3,7H2,1H3. The Hall–Kier alpha value is -3.87. The van der Waals surface area contributed by atoms with E-state index in [1.54, 1.807) is 24.3 Å². The zero-order chi connectivity index (χ0) is 24.3. The van der Waals surface area contributed by atoms with Gasteiger partial charge in [0, 0.05) is 17.0 Å². The lowest BCUT2D eigenvalue weighted by Crippen LogP contribution is -2.20. The number of nitrogens with zero attached hydrogens (tertiary/aromatic N) is 2. The van der Waals surface area contributed by atoms with Crippen LogP contribution in [0.15, 0.2) is 82.6 Å². The molecule has 34 heavy (non-hydrogen) atoms. The van der Waals surface area contributed by atoms with Crippen LogP contribution in [-0.4, -0.2) is 15.9 Å². The molecule has 0 aliphatic carbocycles. The minimum Gasteiger partial charge on any atom is -0.494 e. The molecule has 4 nitrogen and oxygen atoms in total. The summed E-state index contributed by atoms with van der Waals surface area (Å²) < 4.78 is 40.6. The van der Waals surface area contributed by atoms with Gasteiger partial charge in [-0.05, 0) is 54.8 Å². The van der Waals surface area contributed by atoms with E-state index in [0.29, 0.717) is 11.1 Å². The van der Waals surface area contributed by atoms with Gasteiger partial charge in [-0.15, -0.1) is 0 Å². The first kappa shape index (κ1) is 23.3. The molecule has 0 saturated heterocycles. The van der Waals surface area contributed by atoms with Crippen LogP contribution in [0.25, 0.3) is 16.5 Å². The molecular weight excluding hydrogens is 441 g/mol. The molecule has 0 aliphatic rings. The van der Waals surface area contributed by atoms with Gasteiger partial charge in [-0.3, -0.25) is 9.79 Å². The summed E-state index contributed by atoms with van der Waals surface area (Å²) >= 11 is 0. The van der Waals surface area contributed by atoms with Crippen LogP contribution in [0.4, 0.5) is 18.9 Å². The Morgan fingerprint density at radius 2 is 1.68 bits per heavy atom. The van der Waals surface area contributed by atoms with Crippen LogP contribution in [0.2, 0.25) is 0 Å². The van der Waals surface area contributed by atoms with Crippen molar-refractivity contribution in [2.24, 2.45) is 4.99 Å². The molecule has 1 heterocycles. The van der Waals surface area contributed by atoms with Crippen molar-refractivity contribution in [1.29, 1.82) is 0 Å². The number of aryl methyl sites for hydroxylation is 1. The first-order valence-corrected chi connectivity index (χ1v) is 11.0. The molecule has 0 saturated carbocycles. The Morgan fingerprint density at radius 3 is 2.35 bits per heavy atom. The number of alkyl halides is 3. The normalized spacial score (nSPS) is 12.0. The molecule has 0 aliphatic heterocycles. The van der Waals surface area contributed by atoms with E-state index in [9.17, 15) is 23.1 Å². The van der Waals surface area contributed by atoms with Crippen molar-refractivity contribution in [2.75, 3.05) is 0 Å². The number of aromatic nitrogens is 1. The van der Waals surface area contributed by atoms with E-state index in [1.165, 1.54) is 23.9 Å². The number of halogens is 3. The number of benzene rings is 3. The molecule has 1 N–H and O–H groups in total. The minimum absolute atomic E-state index is 0.0852. The molecule has 0 bridgehead atoms. The van der Waals surface area contributed by atoms with Gasteiger partial charge in [0.25, 0.3) is 5.56 Å². The van der Waals surface area contributed by atoms with Crippen molar-refractivity contribution < 1.29 is 18.3 Å². The monoisotopic (exact) mass is 464 g/mol. The summed E-state index contributed by atoms with van der Waals surface area (Å²) in [5.74, 6) is -0.480. The number of unbranched alkanes of at least 4 members (excludes halogenated alkanes) is 1. The third-order valence-electron chi connectivity index (χ3n) is 5.63. The van der Waals surface area contributed by atoms with Gasteiger partial charge in [0.15, 0.2) is 0 Å². The molecule has 0 atom stereocenters. The molecule has 0 unspecified atom stereocenters. The molecule has 0 spiro atoms. The van der Waals surface area contributed by atoms with E-state index in [0.717, 1.165) is 36.0 Å². The maximum atomic E-state index is 13.3. The van der Waals surface area contributed by atoms with Crippen LogP contribution in [0.3, 0.4) is 0 Å². The van der Waals surface area contributed by atoms with Gasteiger partial charge in [0.1, 0.15) is 0 Å². The number of rotatable bonds is 6. The highest BCUT2D eigenvalue weighted by Crippen LogP contribution is 2.32. The predicted molar refractivity (Wildman–Crippen MR) is 129 cm³/mol. The lowest BCUT2D eigenvalue weighted by atomic mass is 10.1. The molecule has 174 valence electrons. The molecule has 0 amide bonds. The molecule has 7 heteroatoms. The van der Waals surface area contributed by atoms with Gasteiger partial charge in [0.2, 0.25) is 5.88 Å². The van der Waals surface area contributed by atoms with E-state index < -0.39 is 23.2 Å². The molecule has 4 rings (SSSR count). The van der Waals surface area contributed by atoms with Crippen LogP contribution in [0.1, 0.15) is 36.5 Å². The van der Waals surface area contributed by atoms with Crippen molar-refractivity contribution in [3.8, 4) is 11.6 Å². The van der Waals surface area contributed by atoms with Crippen LogP contribution in [0.5, 0.6) is 5.88 Å². The summed E-state index contributed by atoms with van der Waals surface area (Å²) in [5, 5.41) is 11.7. The lowest BCUT2D eigenvalue weighted by molar-refractivity contribution is -0.137. The van der Waals surface area contributed by atoms with Crippen LogP contribution in [-0.2, 0) is 12.6 Å². The van der Waals surface area contributed by atoms with Gasteiger partial charge in [-0.2, -0.15) is 13.2 Å². The van der Waals surface area contributed by atoms with Gasteiger partial charge in [-0.1, -0.05) is 49.7 Å². The fourth-order valence-electron chi connectivity index (χ4n) is 3.82. The van der Waals surface area contributed by atoms with Crippen molar-refractivity contribution >= 4 is 22.7 Å². The second kappa shape index (κ2) is 9.55. The summed E-state index contributed by atoms with van der Waals surface area (Å²) in [4.78, 5) is 17.6. The third-order valence-corrected chi connectivity index (χ3v) is 5.63. The topological polar surface area (TPSA) is 54.6 Å². The molecular formula is C27H23F3N2O2. The van der Waals surface area contributed by atoms with E-state index in [1.807, 2.05) is 24.3 Å². The zero-order valence-corrected chi connectivity index (χ0v) is 18.5. The fourth-order valence-corrected chi connectivity index (χ4v) is 3.82. The average molecular weight is 464 g/mol. The largest absolute Gasteiger partial charge is 0.494 e. The highest BCUT2D eigenvalue weighted by Gasteiger charge is 2.31. The molecule has 4 aromatic rings. The van der Waals surface area contributed by atoms with E-state index in [-0.39, 0.29) is 16.6 Å². The molecule has 0 fully saturated rings. The van der Waals surface area contributed by atoms with E-state index in [2.05, 4.69) is 11.9 Å². The maximum Gasteiger partial charge on any atom is 0.416 e. The Labute approximate surface area is 194 Å². The highest BCUT2D eigenvalue weighted by atomic mass is 19.4. The molecule has 3 aromatic carbocycles. The SMILES string of the molecule is CCCCc1ccc(N=Cc2c(O)n(-c3cccc(C(F)(F)F)c3)c(=O)c3ccccc23)cc1. The van der Waals surface area contributed by atoms with Gasteiger partial charge in [-0.25, -0.2) is 4.57 Å². The molecule has 1 aromatic heterocycles. The zero-order valence-electron chi connectivity index (χ0n) is 18.5. The predicted octanol–water partition coefficient (Wildman–Crippen LogP) is 6.81. The lowest BCUT2D eigenvalue weighted by Gasteiger charge is -2.15. The number of hydrogen-bond acceptors (Lipinski definition) is 3. The highest BCUT2D eigenvalue weighted by molar-refractivity contribution is 6.02. The first-order valence-electron chi connectivity index (χ1n) is 11.0. The number of pyridine rings is 1. The van der Waals surface area contributed by atoms with Gasteiger partial charge in [0.05, 0.1) is 22.5 Å². The van der Waals surface area contributed by atoms with E-state index >= 15 is 0 Å².